The Kier molecular flexibility index (Phi) is 8.94. The first-order valence-corrected chi connectivity index (χ1v) is 7.56. The van der Waals surface area contributed by atoms with Crippen molar-refractivity contribution in [2.24, 2.45) is 0 Å². The summed E-state index contributed by atoms with van der Waals surface area (Å²) < 4.78 is 16.0. The predicted molar refractivity (Wildman–Crippen MR) is 68.3 cm³/mol. The van der Waals surface area contributed by atoms with Crippen molar-refractivity contribution in [2.75, 3.05) is 13.4 Å². The van der Waals surface area contributed by atoms with Crippen molar-refractivity contribution in [2.45, 2.75) is 50.7 Å². The van der Waals surface area contributed by atoms with Crippen LogP contribution in [0.4, 0.5) is 0 Å². The largest absolute Gasteiger partial charge is 0.469 e. The molecule has 2 unspecified atom stereocenters. The number of hydrogen-bond donors (Lipinski definition) is 0. The summed E-state index contributed by atoms with van der Waals surface area (Å²) in [6.07, 6.45) is 5.34. The van der Waals surface area contributed by atoms with E-state index in [9.17, 15) is 13.8 Å². The van der Waals surface area contributed by atoms with Gasteiger partial charge in [0.25, 0.3) is 0 Å². The number of carbonyl (C=O) groups is 2. The number of esters is 1. The topological polar surface area (TPSA) is 60.4 Å². The van der Waals surface area contributed by atoms with Gasteiger partial charge < -0.3 is 4.74 Å². The van der Waals surface area contributed by atoms with Crippen molar-refractivity contribution < 1.29 is 18.5 Å². The van der Waals surface area contributed by atoms with E-state index in [4.69, 9.17) is 0 Å². The third-order valence-corrected chi connectivity index (χ3v) is 3.92. The molecule has 4 nitrogen and oxygen atoms in total. The molecule has 0 saturated heterocycles. The maximum absolute atomic E-state index is 11.8. The molecular formula is C12H22O4S. The molecule has 0 bridgehead atoms. The van der Waals surface area contributed by atoms with Crippen LogP contribution in [0.1, 0.15) is 45.4 Å². The summed E-state index contributed by atoms with van der Waals surface area (Å²) in [6, 6.07) is 0. The highest BCUT2D eigenvalue weighted by molar-refractivity contribution is 7.85. The summed E-state index contributed by atoms with van der Waals surface area (Å²) in [5, 5.41) is -0.522. The third kappa shape index (κ3) is 7.26. The molecule has 0 spiro atoms. The van der Waals surface area contributed by atoms with Gasteiger partial charge in [-0.25, -0.2) is 0 Å². The van der Waals surface area contributed by atoms with E-state index in [1.54, 1.807) is 0 Å². The van der Waals surface area contributed by atoms with E-state index in [1.165, 1.54) is 13.4 Å². The average Bonchev–Trinajstić information content (AvgIpc) is 2.28. The van der Waals surface area contributed by atoms with Crippen LogP contribution < -0.4 is 0 Å². The van der Waals surface area contributed by atoms with Crippen molar-refractivity contribution in [1.82, 2.24) is 0 Å². The normalized spacial score (nSPS) is 14.1. The lowest BCUT2D eigenvalue weighted by molar-refractivity contribution is -0.140. The van der Waals surface area contributed by atoms with Crippen LogP contribution in [0.15, 0.2) is 0 Å². The average molecular weight is 262 g/mol. The Labute approximate surface area is 106 Å². The zero-order valence-electron chi connectivity index (χ0n) is 10.9. The summed E-state index contributed by atoms with van der Waals surface area (Å²) in [7, 11) is 0.0943. The summed E-state index contributed by atoms with van der Waals surface area (Å²) in [6.45, 7) is 2.07. The molecule has 0 rings (SSSR count). The fourth-order valence-electron chi connectivity index (χ4n) is 1.57. The van der Waals surface area contributed by atoms with Gasteiger partial charge in [-0.2, -0.15) is 0 Å². The third-order valence-electron chi connectivity index (χ3n) is 2.62. The van der Waals surface area contributed by atoms with Gasteiger partial charge in [-0.15, -0.1) is 0 Å². The molecule has 0 aliphatic carbocycles. The molecule has 0 aromatic carbocycles. The van der Waals surface area contributed by atoms with Gasteiger partial charge in [0.15, 0.2) is 0 Å². The first-order chi connectivity index (χ1) is 8.02. The molecular weight excluding hydrogens is 240 g/mol. The molecule has 0 heterocycles. The first kappa shape index (κ1) is 16.3. The van der Waals surface area contributed by atoms with Crippen LogP contribution in [-0.4, -0.2) is 34.6 Å². The second-order valence-corrected chi connectivity index (χ2v) is 5.59. The Morgan fingerprint density at radius 1 is 1.24 bits per heavy atom. The summed E-state index contributed by atoms with van der Waals surface area (Å²) >= 11 is 0. The van der Waals surface area contributed by atoms with Crippen molar-refractivity contribution in [3.63, 3.8) is 0 Å². The fraction of sp³-hybridized carbons (Fsp3) is 0.833. The minimum atomic E-state index is -1.21. The highest BCUT2D eigenvalue weighted by atomic mass is 32.2. The Morgan fingerprint density at radius 2 is 1.88 bits per heavy atom. The van der Waals surface area contributed by atoms with E-state index in [-0.39, 0.29) is 18.2 Å². The van der Waals surface area contributed by atoms with Crippen LogP contribution in [0, 0.1) is 0 Å². The molecule has 0 radical (unpaired) electrons. The van der Waals surface area contributed by atoms with Crippen LogP contribution in [0.25, 0.3) is 0 Å². The van der Waals surface area contributed by atoms with E-state index < -0.39 is 16.0 Å². The number of methoxy groups -OCH3 is 1. The van der Waals surface area contributed by atoms with Crippen LogP contribution in [-0.2, 0) is 25.1 Å². The molecule has 0 aliphatic rings. The molecule has 100 valence electrons. The van der Waals surface area contributed by atoms with Gasteiger partial charge in [0.05, 0.1) is 12.4 Å². The number of ether oxygens (including phenoxy) is 1. The quantitative estimate of drug-likeness (QED) is 0.470. The van der Waals surface area contributed by atoms with E-state index in [1.807, 2.05) is 0 Å². The monoisotopic (exact) mass is 262 g/mol. The first-order valence-electron chi connectivity index (χ1n) is 5.94. The maximum atomic E-state index is 11.8. The van der Waals surface area contributed by atoms with Crippen molar-refractivity contribution in [3.8, 4) is 0 Å². The lowest BCUT2D eigenvalue weighted by Gasteiger charge is -2.12. The number of unbranched alkanes of at least 4 members (excludes halogenated alkanes) is 2. The molecule has 0 aliphatic heterocycles. The van der Waals surface area contributed by atoms with Crippen LogP contribution in [0.2, 0.25) is 0 Å². The molecule has 0 amide bonds. The highest BCUT2D eigenvalue weighted by Gasteiger charge is 2.22. The molecule has 0 aromatic rings. The van der Waals surface area contributed by atoms with Crippen LogP contribution in [0.3, 0.4) is 0 Å². The SMILES string of the molecule is CCCCCC(=O)C(CCC(=O)OC)S(C)=O. The lowest BCUT2D eigenvalue weighted by atomic mass is 10.1. The molecule has 0 aromatic heterocycles. The zero-order chi connectivity index (χ0) is 13.3. The number of rotatable bonds is 9. The Morgan fingerprint density at radius 3 is 2.35 bits per heavy atom. The molecule has 0 N–H and O–H groups in total. The van der Waals surface area contributed by atoms with Crippen molar-refractivity contribution in [1.29, 1.82) is 0 Å². The number of carbonyl (C=O) groups excluding carboxylic acids is 2. The lowest BCUT2D eigenvalue weighted by Crippen LogP contribution is -2.26. The molecule has 2 atom stereocenters. The zero-order valence-corrected chi connectivity index (χ0v) is 11.7. The second kappa shape index (κ2) is 9.33. The molecule has 5 heteroatoms. The Bertz CT molecular complexity index is 276. The van der Waals surface area contributed by atoms with Gasteiger partial charge in [0.2, 0.25) is 0 Å². The number of Topliss-reactive ketones (excluding diaryl/α,β-unsaturated/α-hetero) is 1. The predicted octanol–water partition coefficient (Wildman–Crippen LogP) is 1.84. The summed E-state index contributed by atoms with van der Waals surface area (Å²) in [4.78, 5) is 22.8. The van der Waals surface area contributed by atoms with Gasteiger partial charge in [-0.3, -0.25) is 13.8 Å². The van der Waals surface area contributed by atoms with Gasteiger partial charge >= 0.3 is 5.97 Å². The number of hydrogen-bond acceptors (Lipinski definition) is 4. The van der Waals surface area contributed by atoms with E-state index in [0.717, 1.165) is 19.3 Å². The Hall–Kier alpha value is -0.710. The summed E-state index contributed by atoms with van der Waals surface area (Å²) in [5.74, 6) is -0.356. The molecule has 17 heavy (non-hydrogen) atoms. The Balaban J connectivity index is 4.17. The standard InChI is InChI=1S/C12H22O4S/c1-4-5-6-7-10(13)11(17(3)15)8-9-12(14)16-2/h11H,4-9H2,1-3H3. The van der Waals surface area contributed by atoms with E-state index >= 15 is 0 Å². The van der Waals surface area contributed by atoms with Crippen LogP contribution >= 0.6 is 0 Å². The fourth-order valence-corrected chi connectivity index (χ4v) is 2.51. The van der Waals surface area contributed by atoms with Crippen molar-refractivity contribution in [3.05, 3.63) is 0 Å². The summed E-state index contributed by atoms with van der Waals surface area (Å²) in [5.41, 5.74) is 0. The van der Waals surface area contributed by atoms with Gasteiger partial charge in [-0.1, -0.05) is 19.8 Å². The van der Waals surface area contributed by atoms with Crippen LogP contribution in [0.5, 0.6) is 0 Å². The van der Waals surface area contributed by atoms with Gasteiger partial charge in [0, 0.05) is 29.9 Å². The van der Waals surface area contributed by atoms with E-state index in [0.29, 0.717) is 12.8 Å². The smallest absolute Gasteiger partial charge is 0.305 e. The van der Waals surface area contributed by atoms with Gasteiger partial charge in [-0.05, 0) is 12.8 Å². The molecule has 0 saturated carbocycles. The number of ketones is 1. The second-order valence-electron chi connectivity index (χ2n) is 4.03. The van der Waals surface area contributed by atoms with Gasteiger partial charge in [0.1, 0.15) is 5.78 Å². The minimum Gasteiger partial charge on any atom is -0.469 e. The maximum Gasteiger partial charge on any atom is 0.305 e. The minimum absolute atomic E-state index is 0.00295. The van der Waals surface area contributed by atoms with E-state index in [2.05, 4.69) is 11.7 Å². The molecule has 0 fully saturated rings. The highest BCUT2D eigenvalue weighted by Crippen LogP contribution is 2.11. The van der Waals surface area contributed by atoms with Crippen molar-refractivity contribution >= 4 is 22.6 Å².